The molecule has 1 aliphatic rings. The molecule has 1 saturated heterocycles. The lowest BCUT2D eigenvalue weighted by molar-refractivity contribution is 0.434. The third kappa shape index (κ3) is 6.25. The summed E-state index contributed by atoms with van der Waals surface area (Å²) in [5.41, 5.74) is 4.16. The van der Waals surface area contributed by atoms with E-state index in [9.17, 15) is 3.89 Å². The van der Waals surface area contributed by atoms with Crippen LogP contribution in [0.25, 0.3) is 0 Å². The highest BCUT2D eigenvalue weighted by Gasteiger charge is 2.38. The van der Waals surface area contributed by atoms with E-state index in [1.165, 1.54) is 0 Å². The van der Waals surface area contributed by atoms with Crippen LogP contribution in [0.1, 0.15) is 52.9 Å². The average Bonchev–Trinajstić information content (AvgIpc) is 2.82. The maximum Gasteiger partial charge on any atom is 0.0597 e. The van der Waals surface area contributed by atoms with Gasteiger partial charge in [-0.3, -0.25) is 0 Å². The van der Waals surface area contributed by atoms with Gasteiger partial charge in [-0.05, 0) is 39.4 Å². The molecular weight excluding hydrogens is 331 g/mol. The summed E-state index contributed by atoms with van der Waals surface area (Å²) in [6.45, 7) is 23.3. The zero-order valence-corrected chi connectivity index (χ0v) is 17.5. The van der Waals surface area contributed by atoms with E-state index in [1.807, 2.05) is 13.8 Å². The van der Waals surface area contributed by atoms with E-state index >= 15 is 0 Å². The topological polar surface area (TPSA) is 15.3 Å². The zero-order valence-electron chi connectivity index (χ0n) is 16.7. The molecule has 1 heterocycles. The number of unbranched alkanes of at least 4 members (excludes halogenated alkanes) is 2. The van der Waals surface area contributed by atoms with Crippen LogP contribution in [0.5, 0.6) is 0 Å². The van der Waals surface area contributed by atoms with E-state index in [2.05, 4.69) is 43.5 Å². The lowest BCUT2D eigenvalue weighted by Gasteiger charge is -2.32. The van der Waals surface area contributed by atoms with Crippen LogP contribution >= 0.6 is 10.4 Å². The summed E-state index contributed by atoms with van der Waals surface area (Å²) in [5, 5.41) is 3.34. The summed E-state index contributed by atoms with van der Waals surface area (Å²) >= 11 is 0. The minimum Gasteiger partial charge on any atom is -0.383 e. The molecule has 2 nitrogen and oxygen atoms in total. The standard InChI is InChI=1S/C21H37FN2S/c1-9-25(8,22)21-15-18(5)24(20(21)7)14-12-10-11-13-17(4)23-19(6)16(2)3/h19,21,23H,2,4-5,7,9-15H2,1,3,6,8H3. The third-order valence-corrected chi connectivity index (χ3v) is 7.95. The van der Waals surface area contributed by atoms with Crippen molar-refractivity contribution in [2.45, 2.75) is 64.2 Å². The molecule has 0 amide bonds. The van der Waals surface area contributed by atoms with Crippen molar-refractivity contribution in [3.8, 4) is 0 Å². The first-order valence-corrected chi connectivity index (χ1v) is 11.5. The number of hydrogen-bond acceptors (Lipinski definition) is 2. The molecule has 0 aromatic heterocycles. The highest BCUT2D eigenvalue weighted by molar-refractivity contribution is 8.29. The van der Waals surface area contributed by atoms with Gasteiger partial charge < -0.3 is 10.2 Å². The number of halogens is 1. The Morgan fingerprint density at radius 2 is 1.96 bits per heavy atom. The summed E-state index contributed by atoms with van der Waals surface area (Å²) < 4.78 is 14.7. The van der Waals surface area contributed by atoms with Crippen molar-refractivity contribution in [1.29, 1.82) is 0 Å². The van der Waals surface area contributed by atoms with Crippen molar-refractivity contribution < 1.29 is 3.89 Å². The maximum absolute atomic E-state index is 14.7. The predicted molar refractivity (Wildman–Crippen MR) is 114 cm³/mol. The van der Waals surface area contributed by atoms with Gasteiger partial charge in [-0.15, -0.1) is 0 Å². The van der Waals surface area contributed by atoms with Gasteiger partial charge >= 0.3 is 0 Å². The summed E-state index contributed by atoms with van der Waals surface area (Å²) in [7, 11) is -2.11. The largest absolute Gasteiger partial charge is 0.383 e. The van der Waals surface area contributed by atoms with Crippen molar-refractivity contribution in [2.24, 2.45) is 0 Å². The smallest absolute Gasteiger partial charge is 0.0597 e. The van der Waals surface area contributed by atoms with Gasteiger partial charge in [0.15, 0.2) is 0 Å². The molecule has 0 aromatic carbocycles. The molecule has 0 aromatic rings. The molecule has 0 aliphatic carbocycles. The minimum absolute atomic E-state index is 0.0439. The Labute approximate surface area is 156 Å². The van der Waals surface area contributed by atoms with Crippen LogP contribution < -0.4 is 5.32 Å². The van der Waals surface area contributed by atoms with Crippen LogP contribution in [-0.2, 0) is 0 Å². The van der Waals surface area contributed by atoms with E-state index < -0.39 is 10.4 Å². The van der Waals surface area contributed by atoms with Gasteiger partial charge in [-0.25, -0.2) is 0 Å². The molecule has 4 heteroatoms. The number of rotatable bonds is 11. The Hall–Kier alpha value is -1.16. The lowest BCUT2D eigenvalue weighted by Crippen LogP contribution is -2.25. The van der Waals surface area contributed by atoms with Gasteiger partial charge in [0, 0.05) is 41.9 Å². The van der Waals surface area contributed by atoms with Gasteiger partial charge in [-0.1, -0.05) is 55.6 Å². The van der Waals surface area contributed by atoms with Gasteiger partial charge in [0.1, 0.15) is 0 Å². The fourth-order valence-electron chi connectivity index (χ4n) is 3.07. The molecule has 0 spiro atoms. The molecule has 0 bridgehead atoms. The van der Waals surface area contributed by atoms with Crippen molar-refractivity contribution in [2.75, 3.05) is 18.6 Å². The maximum atomic E-state index is 14.7. The quantitative estimate of drug-likeness (QED) is 0.352. The van der Waals surface area contributed by atoms with Crippen molar-refractivity contribution >= 4 is 10.4 Å². The first-order chi connectivity index (χ1) is 11.6. The number of nitrogens with one attached hydrogen (secondary N) is 1. The SMILES string of the molecule is C=C(CCCCCN1C(=C)CC(S(C)(F)CC)C1=C)NC(C)C(=C)C. The monoisotopic (exact) mass is 368 g/mol. The number of allylic oxidation sites excluding steroid dienone is 2. The zero-order chi connectivity index (χ0) is 19.2. The number of likely N-dealkylation sites (tertiary alicyclic amines) is 1. The third-order valence-electron chi connectivity index (χ3n) is 5.20. The molecule has 1 rings (SSSR count). The van der Waals surface area contributed by atoms with Crippen molar-refractivity contribution in [1.82, 2.24) is 10.2 Å². The molecular formula is C21H37FN2S. The highest BCUT2D eigenvalue weighted by Crippen LogP contribution is 2.58. The fourth-order valence-corrected chi connectivity index (χ4v) is 4.70. The molecule has 0 saturated carbocycles. The second-order valence-electron chi connectivity index (χ2n) is 7.36. The fraction of sp³-hybridized carbons (Fsp3) is 0.619. The number of hydrogen-bond donors (Lipinski definition) is 1. The Morgan fingerprint density at radius 1 is 1.32 bits per heavy atom. The van der Waals surface area contributed by atoms with E-state index in [0.717, 1.165) is 61.3 Å². The molecule has 3 unspecified atom stereocenters. The molecule has 3 atom stereocenters. The first kappa shape index (κ1) is 21.9. The Morgan fingerprint density at radius 3 is 2.52 bits per heavy atom. The summed E-state index contributed by atoms with van der Waals surface area (Å²) in [5.74, 6) is 0.593. The van der Waals surface area contributed by atoms with Crippen LogP contribution in [0.4, 0.5) is 3.89 Å². The molecule has 144 valence electrons. The van der Waals surface area contributed by atoms with Gasteiger partial charge in [-0.2, -0.15) is 3.89 Å². The van der Waals surface area contributed by atoms with E-state index in [0.29, 0.717) is 5.75 Å². The summed E-state index contributed by atoms with van der Waals surface area (Å²) in [4.78, 5) is 2.15. The second-order valence-corrected chi connectivity index (χ2v) is 10.6. The Kier molecular flexibility index (Phi) is 8.33. The van der Waals surface area contributed by atoms with Crippen molar-refractivity contribution in [3.63, 3.8) is 0 Å². The minimum atomic E-state index is -2.11. The normalized spacial score (nSPS) is 22.4. The summed E-state index contributed by atoms with van der Waals surface area (Å²) in [6.07, 6.45) is 6.77. The first-order valence-electron chi connectivity index (χ1n) is 9.28. The molecule has 25 heavy (non-hydrogen) atoms. The van der Waals surface area contributed by atoms with Crippen LogP contribution in [0.3, 0.4) is 0 Å². The number of nitrogens with zero attached hydrogens (tertiary/aromatic N) is 1. The highest BCUT2D eigenvalue weighted by atomic mass is 32.3. The van der Waals surface area contributed by atoms with E-state index in [-0.39, 0.29) is 11.3 Å². The molecule has 1 aliphatic heterocycles. The Balaban J connectivity index is 2.33. The van der Waals surface area contributed by atoms with Gasteiger partial charge in [0.05, 0.1) is 5.25 Å². The lowest BCUT2D eigenvalue weighted by atomic mass is 10.1. The van der Waals surface area contributed by atoms with Crippen LogP contribution in [0.2, 0.25) is 0 Å². The van der Waals surface area contributed by atoms with E-state index in [1.54, 1.807) is 6.26 Å². The molecule has 0 radical (unpaired) electrons. The van der Waals surface area contributed by atoms with Crippen LogP contribution in [0.15, 0.2) is 49.0 Å². The summed E-state index contributed by atoms with van der Waals surface area (Å²) in [6, 6.07) is 0.275. The van der Waals surface area contributed by atoms with Gasteiger partial charge in [0.25, 0.3) is 0 Å². The Bertz CT molecular complexity index is 524. The van der Waals surface area contributed by atoms with E-state index in [4.69, 9.17) is 0 Å². The predicted octanol–water partition coefficient (Wildman–Crippen LogP) is 6.06. The molecule has 1 fully saturated rings. The average molecular weight is 369 g/mol. The van der Waals surface area contributed by atoms with Crippen molar-refractivity contribution in [3.05, 3.63) is 49.0 Å². The second kappa shape index (κ2) is 9.51. The molecule has 1 N–H and O–H groups in total. The van der Waals surface area contributed by atoms with Gasteiger partial charge in [0.2, 0.25) is 0 Å². The van der Waals surface area contributed by atoms with Crippen LogP contribution in [-0.4, -0.2) is 34.7 Å². The van der Waals surface area contributed by atoms with Crippen LogP contribution in [0, 0.1) is 0 Å².